The lowest BCUT2D eigenvalue weighted by Gasteiger charge is -2.34. The number of carbonyl (C=O) groups excluding carboxylic acids is 2. The van der Waals surface area contributed by atoms with Crippen LogP contribution in [-0.4, -0.2) is 52.7 Å². The first kappa shape index (κ1) is 19.3. The summed E-state index contributed by atoms with van der Waals surface area (Å²) >= 11 is 1.33. The van der Waals surface area contributed by atoms with Gasteiger partial charge in [-0.25, -0.2) is 4.98 Å². The van der Waals surface area contributed by atoms with Gasteiger partial charge in [-0.1, -0.05) is 11.3 Å². The summed E-state index contributed by atoms with van der Waals surface area (Å²) in [6, 6.07) is 10.4. The van der Waals surface area contributed by atoms with E-state index in [9.17, 15) is 9.59 Å². The fourth-order valence-electron chi connectivity index (χ4n) is 3.46. The zero-order chi connectivity index (χ0) is 21.2. The fourth-order valence-corrected chi connectivity index (χ4v) is 4.55. The third-order valence-corrected chi connectivity index (χ3v) is 6.18. The number of furan rings is 2. The van der Waals surface area contributed by atoms with Crippen LogP contribution in [0.15, 0.2) is 70.2 Å². The average molecular weight is 434 g/mol. The molecule has 4 aromatic rings. The van der Waals surface area contributed by atoms with Crippen molar-refractivity contribution in [3.05, 3.63) is 77.5 Å². The van der Waals surface area contributed by atoms with E-state index in [1.807, 2.05) is 0 Å². The molecule has 9 heteroatoms. The quantitative estimate of drug-likeness (QED) is 0.443. The van der Waals surface area contributed by atoms with Crippen LogP contribution in [-0.2, 0) is 0 Å². The van der Waals surface area contributed by atoms with Crippen molar-refractivity contribution in [1.82, 2.24) is 14.9 Å². The Hall–Kier alpha value is -3.72. The summed E-state index contributed by atoms with van der Waals surface area (Å²) in [7, 11) is 0. The van der Waals surface area contributed by atoms with Crippen molar-refractivity contribution in [2.75, 3.05) is 31.1 Å². The zero-order valence-electron chi connectivity index (χ0n) is 16.4. The fraction of sp³-hybridized carbons (Fsp3) is 0.182. The summed E-state index contributed by atoms with van der Waals surface area (Å²) < 4.78 is 10.8. The maximum absolute atomic E-state index is 13.1. The number of amides is 1. The molecule has 0 aliphatic carbocycles. The van der Waals surface area contributed by atoms with Crippen molar-refractivity contribution in [2.24, 2.45) is 0 Å². The second-order valence-electron chi connectivity index (χ2n) is 6.98. The van der Waals surface area contributed by atoms with Crippen molar-refractivity contribution in [1.29, 1.82) is 0 Å². The highest BCUT2D eigenvalue weighted by Gasteiger charge is 2.28. The summed E-state index contributed by atoms with van der Waals surface area (Å²) in [5.74, 6) is 0.621. The van der Waals surface area contributed by atoms with E-state index >= 15 is 0 Å². The Morgan fingerprint density at radius 3 is 2.45 bits per heavy atom. The van der Waals surface area contributed by atoms with E-state index in [0.29, 0.717) is 53.8 Å². The maximum Gasteiger partial charge on any atom is 0.289 e. The van der Waals surface area contributed by atoms with E-state index in [1.54, 1.807) is 60.0 Å². The van der Waals surface area contributed by atoms with Gasteiger partial charge in [0.2, 0.25) is 5.78 Å². The monoisotopic (exact) mass is 434 g/mol. The Bertz CT molecular complexity index is 1180. The second-order valence-corrected chi connectivity index (χ2v) is 7.96. The molecule has 0 saturated carbocycles. The number of nitrogens with zero attached hydrogens (tertiary/aromatic N) is 4. The van der Waals surface area contributed by atoms with Crippen LogP contribution in [0.1, 0.15) is 25.8 Å². The molecule has 0 atom stereocenters. The summed E-state index contributed by atoms with van der Waals surface area (Å²) in [6.07, 6.45) is 6.24. The molecule has 1 saturated heterocycles. The minimum absolute atomic E-state index is 0.118. The molecule has 5 heterocycles. The highest BCUT2D eigenvalue weighted by Crippen LogP contribution is 2.35. The first-order valence-electron chi connectivity index (χ1n) is 9.78. The van der Waals surface area contributed by atoms with Crippen LogP contribution in [0.25, 0.3) is 11.5 Å². The normalized spacial score (nSPS) is 14.1. The number of hydrogen-bond acceptors (Lipinski definition) is 8. The number of carbonyl (C=O) groups is 2. The van der Waals surface area contributed by atoms with Gasteiger partial charge in [-0.05, 0) is 36.4 Å². The largest absolute Gasteiger partial charge is 0.463 e. The predicted molar refractivity (Wildman–Crippen MR) is 114 cm³/mol. The standard InChI is InChI=1S/C22H18N4O4S/c27-19(15-4-1-7-23-14-15)20-18(16-5-2-12-29-16)24-22(31-20)26-10-8-25(9-11-26)21(28)17-6-3-13-30-17/h1-7,12-14H,8-11H2. The number of rotatable bonds is 5. The van der Waals surface area contributed by atoms with Crippen molar-refractivity contribution in [2.45, 2.75) is 0 Å². The second kappa shape index (κ2) is 8.19. The van der Waals surface area contributed by atoms with Crippen molar-refractivity contribution < 1.29 is 18.4 Å². The van der Waals surface area contributed by atoms with Crippen LogP contribution in [0.5, 0.6) is 0 Å². The number of aromatic nitrogens is 2. The van der Waals surface area contributed by atoms with E-state index in [-0.39, 0.29) is 11.7 Å². The molecular weight excluding hydrogens is 416 g/mol. The molecule has 8 nitrogen and oxygen atoms in total. The van der Waals surface area contributed by atoms with Gasteiger partial charge < -0.3 is 18.6 Å². The van der Waals surface area contributed by atoms with Crippen LogP contribution < -0.4 is 4.90 Å². The molecular formula is C22H18N4O4S. The van der Waals surface area contributed by atoms with Gasteiger partial charge in [0.15, 0.2) is 16.7 Å². The Labute approximate surface area is 181 Å². The lowest BCUT2D eigenvalue weighted by atomic mass is 10.1. The van der Waals surface area contributed by atoms with Crippen molar-refractivity contribution in [3.8, 4) is 11.5 Å². The third-order valence-electron chi connectivity index (χ3n) is 5.07. The lowest BCUT2D eigenvalue weighted by Crippen LogP contribution is -2.48. The molecule has 0 unspecified atom stereocenters. The summed E-state index contributed by atoms with van der Waals surface area (Å²) in [5, 5.41) is 0.726. The molecule has 5 rings (SSSR count). The van der Waals surface area contributed by atoms with E-state index in [4.69, 9.17) is 13.8 Å². The minimum atomic E-state index is -0.144. The Kier molecular flexibility index (Phi) is 5.09. The molecule has 31 heavy (non-hydrogen) atoms. The predicted octanol–water partition coefficient (Wildman–Crippen LogP) is 3.58. The molecule has 0 N–H and O–H groups in total. The average Bonchev–Trinajstić information content (AvgIpc) is 3.60. The highest BCUT2D eigenvalue weighted by molar-refractivity contribution is 7.18. The van der Waals surface area contributed by atoms with Crippen LogP contribution in [0, 0.1) is 0 Å². The molecule has 0 bridgehead atoms. The van der Waals surface area contributed by atoms with Gasteiger partial charge in [-0.15, -0.1) is 0 Å². The first-order chi connectivity index (χ1) is 15.2. The Morgan fingerprint density at radius 1 is 0.968 bits per heavy atom. The minimum Gasteiger partial charge on any atom is -0.463 e. The first-order valence-corrected chi connectivity index (χ1v) is 10.6. The van der Waals surface area contributed by atoms with Crippen LogP contribution in [0.3, 0.4) is 0 Å². The van der Waals surface area contributed by atoms with E-state index < -0.39 is 0 Å². The maximum atomic E-state index is 13.1. The van der Waals surface area contributed by atoms with Gasteiger partial charge in [-0.2, -0.15) is 0 Å². The molecule has 0 aromatic carbocycles. The van der Waals surface area contributed by atoms with Gasteiger partial charge >= 0.3 is 0 Å². The summed E-state index contributed by atoms with van der Waals surface area (Å²) in [6.45, 7) is 2.30. The van der Waals surface area contributed by atoms with Crippen LogP contribution in [0.4, 0.5) is 5.13 Å². The molecule has 0 spiro atoms. The molecule has 156 valence electrons. The molecule has 1 aliphatic rings. The highest BCUT2D eigenvalue weighted by atomic mass is 32.1. The third kappa shape index (κ3) is 3.75. The number of piperazine rings is 1. The zero-order valence-corrected chi connectivity index (χ0v) is 17.2. The van der Waals surface area contributed by atoms with Gasteiger partial charge in [-0.3, -0.25) is 14.6 Å². The van der Waals surface area contributed by atoms with E-state index in [2.05, 4.69) is 9.88 Å². The Morgan fingerprint density at radius 2 is 1.77 bits per heavy atom. The molecule has 4 aromatic heterocycles. The number of thiazole rings is 1. The molecule has 1 aliphatic heterocycles. The lowest BCUT2D eigenvalue weighted by molar-refractivity contribution is 0.0714. The van der Waals surface area contributed by atoms with Crippen LogP contribution in [0.2, 0.25) is 0 Å². The topological polar surface area (TPSA) is 92.7 Å². The van der Waals surface area contributed by atoms with E-state index in [0.717, 1.165) is 5.13 Å². The van der Waals surface area contributed by atoms with Gasteiger partial charge in [0.05, 0.1) is 12.5 Å². The molecule has 1 amide bonds. The van der Waals surface area contributed by atoms with Crippen molar-refractivity contribution >= 4 is 28.2 Å². The smallest absolute Gasteiger partial charge is 0.289 e. The van der Waals surface area contributed by atoms with Gasteiger partial charge in [0.25, 0.3) is 5.91 Å². The number of anilines is 1. The number of ketones is 1. The van der Waals surface area contributed by atoms with Gasteiger partial charge in [0, 0.05) is 44.1 Å². The Balaban J connectivity index is 1.39. The molecule has 0 radical (unpaired) electrons. The van der Waals surface area contributed by atoms with Gasteiger partial charge in [0.1, 0.15) is 10.6 Å². The SMILES string of the molecule is O=C(c1cccnc1)c1sc(N2CCN(C(=O)c3ccco3)CC2)nc1-c1ccco1. The summed E-state index contributed by atoms with van der Waals surface area (Å²) in [5.41, 5.74) is 1.02. The van der Waals surface area contributed by atoms with Crippen LogP contribution >= 0.6 is 11.3 Å². The number of hydrogen-bond donors (Lipinski definition) is 0. The van der Waals surface area contributed by atoms with E-state index in [1.165, 1.54) is 17.6 Å². The number of pyridine rings is 1. The molecule has 1 fully saturated rings. The summed E-state index contributed by atoms with van der Waals surface area (Å²) in [4.78, 5) is 38.8. The van der Waals surface area contributed by atoms with Crippen molar-refractivity contribution in [3.63, 3.8) is 0 Å².